The lowest BCUT2D eigenvalue weighted by molar-refractivity contribution is 0.276. The third-order valence-corrected chi connectivity index (χ3v) is 3.00. The first-order valence-corrected chi connectivity index (χ1v) is 7.38. The summed E-state index contributed by atoms with van der Waals surface area (Å²) in [5, 5.41) is 0. The molecule has 1 rings (SSSR count). The maximum absolute atomic E-state index is 2.35. The van der Waals surface area contributed by atoms with Crippen LogP contribution in [0.15, 0.2) is 24.3 Å². The molecule has 0 atom stereocenters. The van der Waals surface area contributed by atoms with Crippen molar-refractivity contribution < 1.29 is 0 Å². The molecular weight excluding hydrogens is 232 g/mol. The smallest absolute Gasteiger partial charge is 0.0231 e. The van der Waals surface area contributed by atoms with E-state index >= 15 is 0 Å². The van der Waals surface area contributed by atoms with Crippen LogP contribution in [0.4, 0.5) is 0 Å². The fourth-order valence-electron chi connectivity index (χ4n) is 1.45. The van der Waals surface area contributed by atoms with Crippen molar-refractivity contribution in [3.63, 3.8) is 0 Å². The van der Waals surface area contributed by atoms with E-state index in [-0.39, 0.29) is 0 Å². The van der Waals surface area contributed by atoms with Crippen LogP contribution < -0.4 is 0 Å². The quantitative estimate of drug-likeness (QED) is 0.771. The monoisotopic (exact) mass is 264 g/mol. The van der Waals surface area contributed by atoms with Crippen LogP contribution in [0.2, 0.25) is 0 Å². The normalized spacial score (nSPS) is 10.5. The molecular formula is C17H32N2. The first kappa shape index (κ1) is 18.1. The van der Waals surface area contributed by atoms with E-state index in [9.17, 15) is 0 Å². The van der Waals surface area contributed by atoms with Crippen LogP contribution in [-0.4, -0.2) is 44.0 Å². The van der Waals surface area contributed by atoms with Crippen molar-refractivity contribution in [1.29, 1.82) is 0 Å². The van der Waals surface area contributed by atoms with E-state index in [1.165, 1.54) is 24.0 Å². The highest BCUT2D eigenvalue weighted by Crippen LogP contribution is 2.05. The number of rotatable bonds is 6. The molecule has 0 aliphatic carbocycles. The molecule has 1 aromatic carbocycles. The van der Waals surface area contributed by atoms with Crippen molar-refractivity contribution in [3.05, 3.63) is 35.4 Å². The molecule has 110 valence electrons. The maximum Gasteiger partial charge on any atom is 0.0231 e. The summed E-state index contributed by atoms with van der Waals surface area (Å²) in [6, 6.07) is 8.77. The number of aryl methyl sites for hydroxylation is 1. The summed E-state index contributed by atoms with van der Waals surface area (Å²) < 4.78 is 0. The molecule has 0 unspecified atom stereocenters. The van der Waals surface area contributed by atoms with Crippen molar-refractivity contribution in [2.24, 2.45) is 0 Å². The molecule has 0 spiro atoms. The van der Waals surface area contributed by atoms with Crippen LogP contribution in [-0.2, 0) is 6.54 Å². The second-order valence-electron chi connectivity index (χ2n) is 5.53. The highest BCUT2D eigenvalue weighted by atomic mass is 15.1. The Morgan fingerprint density at radius 2 is 1.37 bits per heavy atom. The topological polar surface area (TPSA) is 6.48 Å². The van der Waals surface area contributed by atoms with E-state index < -0.39 is 0 Å². The number of nitrogens with zero attached hydrogens (tertiary/aromatic N) is 2. The molecule has 2 nitrogen and oxygen atoms in total. The van der Waals surface area contributed by atoms with Crippen LogP contribution in [0, 0.1) is 6.92 Å². The van der Waals surface area contributed by atoms with Gasteiger partial charge in [0.25, 0.3) is 0 Å². The molecule has 0 N–H and O–H groups in total. The average Bonchev–Trinajstić information content (AvgIpc) is 2.39. The summed E-state index contributed by atoms with van der Waals surface area (Å²) in [7, 11) is 6.39. The van der Waals surface area contributed by atoms with Crippen LogP contribution in [0.1, 0.15) is 37.8 Å². The molecule has 0 aromatic heterocycles. The number of likely N-dealkylation sites (N-methyl/N-ethyl adjacent to an activating group) is 2. The minimum Gasteiger partial charge on any atom is -0.308 e. The molecule has 0 radical (unpaired) electrons. The molecule has 0 bridgehead atoms. The minimum absolute atomic E-state index is 1.04. The van der Waals surface area contributed by atoms with Crippen LogP contribution in [0.3, 0.4) is 0 Å². The van der Waals surface area contributed by atoms with E-state index in [1.54, 1.807) is 0 Å². The van der Waals surface area contributed by atoms with Crippen molar-refractivity contribution in [1.82, 2.24) is 9.80 Å². The Balaban J connectivity index is 0.000000711. The molecule has 0 amide bonds. The van der Waals surface area contributed by atoms with E-state index in [2.05, 4.69) is 76.0 Å². The van der Waals surface area contributed by atoms with Crippen LogP contribution >= 0.6 is 0 Å². The zero-order valence-electron chi connectivity index (χ0n) is 13.7. The zero-order chi connectivity index (χ0) is 14.7. The molecule has 0 heterocycles. The van der Waals surface area contributed by atoms with Gasteiger partial charge in [-0.05, 0) is 33.6 Å². The zero-order valence-corrected chi connectivity index (χ0v) is 13.7. The van der Waals surface area contributed by atoms with Gasteiger partial charge in [-0.1, -0.05) is 56.5 Å². The van der Waals surface area contributed by atoms with E-state index in [0.29, 0.717) is 0 Å². The van der Waals surface area contributed by atoms with Gasteiger partial charge < -0.3 is 9.80 Å². The number of hydrogen-bond acceptors (Lipinski definition) is 2. The molecule has 19 heavy (non-hydrogen) atoms. The Bertz CT molecular complexity index is 302. The maximum atomic E-state index is 2.35. The van der Waals surface area contributed by atoms with E-state index in [1.807, 2.05) is 0 Å². The fraction of sp³-hybridized carbons (Fsp3) is 0.647. The van der Waals surface area contributed by atoms with Gasteiger partial charge >= 0.3 is 0 Å². The third-order valence-electron chi connectivity index (χ3n) is 3.00. The summed E-state index contributed by atoms with van der Waals surface area (Å²) >= 11 is 0. The fourth-order valence-corrected chi connectivity index (χ4v) is 1.45. The predicted octanol–water partition coefficient (Wildman–Crippen LogP) is 3.79. The molecule has 1 aromatic rings. The number of unbranched alkanes of at least 4 members (excludes halogenated alkanes) is 1. The van der Waals surface area contributed by atoms with Gasteiger partial charge in [-0.25, -0.2) is 0 Å². The van der Waals surface area contributed by atoms with Gasteiger partial charge in [0.05, 0.1) is 0 Å². The van der Waals surface area contributed by atoms with Gasteiger partial charge in [0.1, 0.15) is 0 Å². The van der Waals surface area contributed by atoms with Crippen LogP contribution in [0.5, 0.6) is 0 Å². The highest BCUT2D eigenvalue weighted by molar-refractivity contribution is 5.21. The Kier molecular flexibility index (Phi) is 10.5. The van der Waals surface area contributed by atoms with Gasteiger partial charge in [-0.2, -0.15) is 0 Å². The Labute approximate surface area is 120 Å². The summed E-state index contributed by atoms with van der Waals surface area (Å²) in [6.45, 7) is 9.75. The second-order valence-corrected chi connectivity index (χ2v) is 5.53. The Hall–Kier alpha value is -0.860. The first-order chi connectivity index (χ1) is 8.99. The van der Waals surface area contributed by atoms with Crippen molar-refractivity contribution in [2.75, 3.05) is 34.2 Å². The second kappa shape index (κ2) is 11.0. The lowest BCUT2D eigenvalue weighted by Crippen LogP contribution is -2.28. The first-order valence-electron chi connectivity index (χ1n) is 7.38. The summed E-state index contributed by atoms with van der Waals surface area (Å²) in [5.41, 5.74) is 2.72. The summed E-state index contributed by atoms with van der Waals surface area (Å²) in [5.74, 6) is 0. The minimum atomic E-state index is 1.04. The Morgan fingerprint density at radius 3 is 1.79 bits per heavy atom. The molecule has 0 saturated heterocycles. The van der Waals surface area contributed by atoms with E-state index in [0.717, 1.165) is 19.6 Å². The van der Waals surface area contributed by atoms with Gasteiger partial charge in [0.2, 0.25) is 0 Å². The number of hydrogen-bond donors (Lipinski definition) is 0. The molecule has 0 aliphatic heterocycles. The van der Waals surface area contributed by atoms with Crippen molar-refractivity contribution in [3.8, 4) is 0 Å². The lowest BCUT2D eigenvalue weighted by atomic mass is 10.1. The molecule has 2 heteroatoms. The lowest BCUT2D eigenvalue weighted by Gasteiger charge is -2.19. The van der Waals surface area contributed by atoms with Gasteiger partial charge in [-0.3, -0.25) is 0 Å². The largest absolute Gasteiger partial charge is 0.308 e. The molecule has 0 fully saturated rings. The van der Waals surface area contributed by atoms with Gasteiger partial charge in [0.15, 0.2) is 0 Å². The van der Waals surface area contributed by atoms with Crippen LogP contribution in [0.25, 0.3) is 0 Å². The highest BCUT2D eigenvalue weighted by Gasteiger charge is 2.00. The Morgan fingerprint density at radius 1 is 0.842 bits per heavy atom. The number of benzene rings is 1. The van der Waals surface area contributed by atoms with Gasteiger partial charge in [-0.15, -0.1) is 0 Å². The van der Waals surface area contributed by atoms with Crippen molar-refractivity contribution in [2.45, 2.75) is 40.2 Å². The summed E-state index contributed by atoms with van der Waals surface area (Å²) in [6.07, 6.45) is 2.64. The standard InChI is InChI=1S/C13H22N2.C4H10/c1-12-5-7-13(8-6-12)11-15(4)10-9-14(2)3;1-3-4-2/h5-8H,9-11H2,1-4H3;3-4H2,1-2H3. The van der Waals surface area contributed by atoms with Gasteiger partial charge in [0, 0.05) is 19.6 Å². The predicted molar refractivity (Wildman–Crippen MR) is 86.6 cm³/mol. The third kappa shape index (κ3) is 10.7. The SMILES string of the molecule is CCCC.Cc1ccc(CN(C)CCN(C)C)cc1. The summed E-state index contributed by atoms with van der Waals surface area (Å²) in [4.78, 5) is 4.57. The van der Waals surface area contributed by atoms with Crippen molar-refractivity contribution >= 4 is 0 Å². The molecule has 0 aliphatic rings. The van der Waals surface area contributed by atoms with E-state index in [4.69, 9.17) is 0 Å². The molecule has 0 saturated carbocycles. The average molecular weight is 264 g/mol.